The van der Waals surface area contributed by atoms with E-state index < -0.39 is 5.76 Å². The molecule has 1 unspecified atom stereocenters. The summed E-state index contributed by atoms with van der Waals surface area (Å²) in [4.78, 5) is 35.4. The number of oxazole rings is 1. The van der Waals surface area contributed by atoms with Gasteiger partial charge in [-0.1, -0.05) is 23.7 Å². The number of imidazole rings is 1. The van der Waals surface area contributed by atoms with E-state index in [9.17, 15) is 4.79 Å². The first-order valence-corrected chi connectivity index (χ1v) is 14.5. The SMILES string of the molecule is O=c1[nH]c(-c2ccc3nc(CN4CCC(Oc5ccnc(Cc6ccc(Cl)cc6)n5)CC4)n(CC4CCO4)c3n2)co1. The second-order valence-electron chi connectivity index (χ2n) is 10.7. The van der Waals surface area contributed by atoms with Gasteiger partial charge in [0.05, 0.1) is 24.9 Å². The summed E-state index contributed by atoms with van der Waals surface area (Å²) in [5.41, 5.74) is 3.86. The van der Waals surface area contributed by atoms with Gasteiger partial charge in [-0.05, 0) is 49.1 Å². The average molecular weight is 588 g/mol. The number of ether oxygens (including phenoxy) is 2. The van der Waals surface area contributed by atoms with Gasteiger partial charge in [-0.2, -0.15) is 4.98 Å². The molecule has 1 N–H and O–H groups in total. The highest BCUT2D eigenvalue weighted by atomic mass is 35.5. The zero-order valence-electron chi connectivity index (χ0n) is 22.9. The molecule has 1 aromatic carbocycles. The molecule has 2 saturated heterocycles. The number of likely N-dealkylation sites (tertiary alicyclic amines) is 1. The lowest BCUT2D eigenvalue weighted by Gasteiger charge is -2.32. The number of aromatic amines is 1. The molecule has 6 heterocycles. The number of pyridine rings is 1. The number of aromatic nitrogens is 6. The second kappa shape index (κ2) is 11.7. The van der Waals surface area contributed by atoms with Crippen molar-refractivity contribution in [3.8, 4) is 17.3 Å². The lowest BCUT2D eigenvalue weighted by atomic mass is 10.1. The van der Waals surface area contributed by atoms with Gasteiger partial charge in [-0.3, -0.25) is 9.88 Å². The fourth-order valence-electron chi connectivity index (χ4n) is 5.42. The Balaban J connectivity index is 1.01. The number of benzene rings is 1. The summed E-state index contributed by atoms with van der Waals surface area (Å²) in [5, 5.41) is 0.711. The molecule has 42 heavy (non-hydrogen) atoms. The van der Waals surface area contributed by atoms with Crippen LogP contribution in [0.2, 0.25) is 5.02 Å². The van der Waals surface area contributed by atoms with Crippen molar-refractivity contribution in [2.45, 2.75) is 51.0 Å². The van der Waals surface area contributed by atoms with E-state index in [0.717, 1.165) is 67.3 Å². The minimum Gasteiger partial charge on any atom is -0.474 e. The summed E-state index contributed by atoms with van der Waals surface area (Å²) in [6, 6.07) is 13.3. The van der Waals surface area contributed by atoms with Crippen molar-refractivity contribution in [1.82, 2.24) is 34.4 Å². The molecule has 216 valence electrons. The molecule has 2 fully saturated rings. The second-order valence-corrected chi connectivity index (χ2v) is 11.2. The van der Waals surface area contributed by atoms with Crippen LogP contribution < -0.4 is 10.5 Å². The quantitative estimate of drug-likeness (QED) is 0.269. The Morgan fingerprint density at radius 3 is 2.60 bits per heavy atom. The number of hydrogen-bond acceptors (Lipinski definition) is 9. The van der Waals surface area contributed by atoms with Crippen molar-refractivity contribution in [2.24, 2.45) is 0 Å². The number of rotatable bonds is 9. The van der Waals surface area contributed by atoms with E-state index >= 15 is 0 Å². The Morgan fingerprint density at radius 2 is 1.86 bits per heavy atom. The molecule has 2 aliphatic rings. The molecule has 0 radical (unpaired) electrons. The molecule has 0 aliphatic carbocycles. The van der Waals surface area contributed by atoms with E-state index in [1.807, 2.05) is 42.5 Å². The van der Waals surface area contributed by atoms with Gasteiger partial charge >= 0.3 is 5.76 Å². The Bertz CT molecular complexity index is 1740. The van der Waals surface area contributed by atoms with Crippen LogP contribution >= 0.6 is 11.6 Å². The molecule has 0 spiro atoms. The Labute approximate surface area is 246 Å². The molecule has 4 aromatic heterocycles. The van der Waals surface area contributed by atoms with E-state index in [2.05, 4.69) is 24.4 Å². The van der Waals surface area contributed by atoms with Crippen LogP contribution in [0.3, 0.4) is 0 Å². The molecular formula is C30H30ClN7O4. The third kappa shape index (κ3) is 5.94. The fourth-order valence-corrected chi connectivity index (χ4v) is 5.55. The number of nitrogens with zero attached hydrogens (tertiary/aromatic N) is 6. The first-order chi connectivity index (χ1) is 20.6. The maximum Gasteiger partial charge on any atom is 0.416 e. The maximum absolute atomic E-state index is 11.5. The molecule has 7 rings (SSSR count). The summed E-state index contributed by atoms with van der Waals surface area (Å²) < 4.78 is 19.1. The highest BCUT2D eigenvalue weighted by Gasteiger charge is 2.26. The lowest BCUT2D eigenvalue weighted by Crippen LogP contribution is -2.39. The van der Waals surface area contributed by atoms with E-state index in [0.29, 0.717) is 41.8 Å². The number of H-pyrrole nitrogens is 1. The van der Waals surface area contributed by atoms with Crippen molar-refractivity contribution in [3.05, 3.63) is 87.7 Å². The third-order valence-corrected chi connectivity index (χ3v) is 8.04. The average Bonchev–Trinajstić information content (AvgIpc) is 3.56. The van der Waals surface area contributed by atoms with Gasteiger partial charge in [-0.15, -0.1) is 0 Å². The highest BCUT2D eigenvalue weighted by Crippen LogP contribution is 2.25. The van der Waals surface area contributed by atoms with Crippen LogP contribution in [0.1, 0.15) is 36.5 Å². The third-order valence-electron chi connectivity index (χ3n) is 7.79. The Morgan fingerprint density at radius 1 is 1.02 bits per heavy atom. The van der Waals surface area contributed by atoms with Gasteiger partial charge in [0.15, 0.2) is 5.65 Å². The van der Waals surface area contributed by atoms with Gasteiger partial charge in [0.1, 0.15) is 35.2 Å². The molecule has 12 heteroatoms. The number of fused-ring (bicyclic) bond motifs is 1. The van der Waals surface area contributed by atoms with Gasteiger partial charge in [0, 0.05) is 43.4 Å². The minimum atomic E-state index is -0.505. The molecule has 2 aliphatic heterocycles. The summed E-state index contributed by atoms with van der Waals surface area (Å²) in [6.45, 7) is 3.93. The van der Waals surface area contributed by atoms with Crippen molar-refractivity contribution < 1.29 is 13.9 Å². The summed E-state index contributed by atoms with van der Waals surface area (Å²) >= 11 is 6.01. The first-order valence-electron chi connectivity index (χ1n) is 14.2. The van der Waals surface area contributed by atoms with E-state index in [1.54, 1.807) is 6.20 Å². The zero-order valence-corrected chi connectivity index (χ0v) is 23.7. The van der Waals surface area contributed by atoms with Crippen molar-refractivity contribution >= 4 is 22.8 Å². The lowest BCUT2D eigenvalue weighted by molar-refractivity contribution is -0.0593. The Kier molecular flexibility index (Phi) is 7.45. The predicted molar refractivity (Wildman–Crippen MR) is 155 cm³/mol. The van der Waals surface area contributed by atoms with Gasteiger partial charge in [0.2, 0.25) is 5.88 Å². The predicted octanol–water partition coefficient (Wildman–Crippen LogP) is 4.25. The largest absolute Gasteiger partial charge is 0.474 e. The van der Waals surface area contributed by atoms with Crippen molar-refractivity contribution in [3.63, 3.8) is 0 Å². The van der Waals surface area contributed by atoms with Gasteiger partial charge < -0.3 is 18.5 Å². The fraction of sp³-hybridized carbons (Fsp3) is 0.367. The van der Waals surface area contributed by atoms with Crippen molar-refractivity contribution in [2.75, 3.05) is 19.7 Å². The molecule has 1 atom stereocenters. The molecule has 0 saturated carbocycles. The summed E-state index contributed by atoms with van der Waals surface area (Å²) in [7, 11) is 0. The van der Waals surface area contributed by atoms with Crippen LogP contribution in [0.4, 0.5) is 0 Å². The molecule has 11 nitrogen and oxygen atoms in total. The normalized spacial score (nSPS) is 17.9. The van der Waals surface area contributed by atoms with Gasteiger partial charge in [0.25, 0.3) is 0 Å². The van der Waals surface area contributed by atoms with Crippen LogP contribution in [-0.4, -0.2) is 66.3 Å². The highest BCUT2D eigenvalue weighted by molar-refractivity contribution is 6.30. The number of nitrogens with one attached hydrogen (secondary N) is 1. The molecule has 0 bridgehead atoms. The molecule has 0 amide bonds. The first kappa shape index (κ1) is 26.8. The van der Waals surface area contributed by atoms with Crippen LogP contribution in [0.5, 0.6) is 5.88 Å². The monoisotopic (exact) mass is 587 g/mol. The number of hydrogen-bond donors (Lipinski definition) is 1. The van der Waals surface area contributed by atoms with Gasteiger partial charge in [-0.25, -0.2) is 19.7 Å². The minimum absolute atomic E-state index is 0.0862. The summed E-state index contributed by atoms with van der Waals surface area (Å²) in [6.07, 6.45) is 6.79. The maximum atomic E-state index is 11.5. The van der Waals surface area contributed by atoms with E-state index in [-0.39, 0.29) is 12.2 Å². The van der Waals surface area contributed by atoms with Crippen molar-refractivity contribution in [1.29, 1.82) is 0 Å². The topological polar surface area (TPSA) is 124 Å². The standard InChI is InChI=1S/C30H30ClN7O4/c31-20-3-1-19(2-4-20)15-26-32-11-7-28(36-26)42-21-8-12-37(13-9-21)17-27-33-24-6-5-23(25-18-41-30(39)35-25)34-29(24)38(27)16-22-10-14-40-22/h1-7,11,18,21-22H,8-10,12-17H2,(H,35,39). The van der Waals surface area contributed by atoms with Crippen LogP contribution in [-0.2, 0) is 24.2 Å². The van der Waals surface area contributed by atoms with Crippen LogP contribution in [0.15, 0.2) is 64.1 Å². The number of halogens is 1. The van der Waals surface area contributed by atoms with E-state index in [4.69, 9.17) is 35.5 Å². The van der Waals surface area contributed by atoms with E-state index in [1.165, 1.54) is 6.26 Å². The smallest absolute Gasteiger partial charge is 0.416 e. The molecule has 5 aromatic rings. The summed E-state index contributed by atoms with van der Waals surface area (Å²) in [5.74, 6) is 1.77. The number of piperidine rings is 1. The van der Waals surface area contributed by atoms with Crippen LogP contribution in [0, 0.1) is 0 Å². The zero-order chi connectivity index (χ0) is 28.5. The molecular weight excluding hydrogens is 558 g/mol. The Hall–Kier alpha value is -4.06. The van der Waals surface area contributed by atoms with Crippen LogP contribution in [0.25, 0.3) is 22.6 Å².